The molecule has 1 heteroatoms. The predicted octanol–water partition coefficient (Wildman–Crippen LogP) is 1.49. The number of allylic oxidation sites excluding steroid dienone is 1. The average Bonchev–Trinajstić information content (AvgIpc) is 1.61. The first-order chi connectivity index (χ1) is 2.91. The predicted molar refractivity (Wildman–Crippen MR) is 25.7 cm³/mol. The van der Waals surface area contributed by atoms with Crippen LogP contribution >= 0.6 is 0 Å². The summed E-state index contributed by atoms with van der Waals surface area (Å²) in [6, 6.07) is 0. The van der Waals surface area contributed by atoms with Crippen molar-refractivity contribution in [3.05, 3.63) is 19.3 Å². The van der Waals surface area contributed by atoms with E-state index in [4.69, 9.17) is 5.11 Å². The highest BCUT2D eigenvalue weighted by Crippen LogP contribution is 1.87. The number of aliphatic hydroxyl groups is 1. The van der Waals surface area contributed by atoms with E-state index >= 15 is 0 Å². The molecule has 35 valence electrons. The van der Waals surface area contributed by atoms with Gasteiger partial charge in [-0.3, -0.25) is 0 Å². The van der Waals surface area contributed by atoms with Crippen LogP contribution in [0.15, 0.2) is 12.7 Å². The van der Waals surface area contributed by atoms with Crippen molar-refractivity contribution in [2.24, 2.45) is 0 Å². The maximum Gasteiger partial charge on any atom is 0.0802 e. The lowest BCUT2D eigenvalue weighted by Gasteiger charge is -1.80. The summed E-state index contributed by atoms with van der Waals surface area (Å²) in [6.45, 7) is 4.61. The molecule has 0 aromatic heterocycles. The summed E-state index contributed by atoms with van der Waals surface area (Å²) in [7, 11) is 0. The number of rotatable bonds is 3. The van der Waals surface area contributed by atoms with Crippen LogP contribution in [0, 0.1) is 6.61 Å². The first-order valence-corrected chi connectivity index (χ1v) is 1.98. The molecular formula is C5H9O. The summed E-state index contributed by atoms with van der Waals surface area (Å²) >= 11 is 0. The molecule has 0 spiro atoms. The van der Waals surface area contributed by atoms with Crippen LogP contribution in [0.3, 0.4) is 0 Å². The molecule has 0 fully saturated rings. The molecule has 0 aromatic rings. The summed E-state index contributed by atoms with van der Waals surface area (Å²) in [5.41, 5.74) is 0. The molecule has 0 aliphatic heterocycles. The summed E-state index contributed by atoms with van der Waals surface area (Å²) in [4.78, 5) is 0. The van der Waals surface area contributed by atoms with Gasteiger partial charge in [0.15, 0.2) is 0 Å². The van der Waals surface area contributed by atoms with E-state index < -0.39 is 0 Å². The van der Waals surface area contributed by atoms with Crippen molar-refractivity contribution >= 4 is 0 Å². The topological polar surface area (TPSA) is 20.2 Å². The normalized spacial score (nSPS) is 8.17. The summed E-state index contributed by atoms with van der Waals surface area (Å²) in [5, 5.41) is 8.02. The summed E-state index contributed by atoms with van der Waals surface area (Å²) in [6.07, 6.45) is 3.37. The standard InChI is InChI=1S/C5H9O/c1-2-3-4-5-6/h2,5-6H,1,3-4H2. The fourth-order valence-corrected chi connectivity index (χ4v) is 0.192. The maximum absolute atomic E-state index is 8.02. The Morgan fingerprint density at radius 2 is 2.17 bits per heavy atom. The van der Waals surface area contributed by atoms with Crippen LogP contribution in [0.5, 0.6) is 0 Å². The Morgan fingerprint density at radius 3 is 2.33 bits per heavy atom. The first kappa shape index (κ1) is 5.70. The van der Waals surface area contributed by atoms with Gasteiger partial charge in [-0.25, -0.2) is 0 Å². The zero-order valence-corrected chi connectivity index (χ0v) is 3.72. The van der Waals surface area contributed by atoms with Crippen LogP contribution in [0.2, 0.25) is 0 Å². The third kappa shape index (κ3) is 3.70. The van der Waals surface area contributed by atoms with E-state index in [1.54, 1.807) is 6.08 Å². The minimum Gasteiger partial charge on any atom is -0.390 e. The zero-order valence-electron chi connectivity index (χ0n) is 3.72. The third-order valence-corrected chi connectivity index (χ3v) is 0.500. The highest BCUT2D eigenvalue weighted by molar-refractivity contribution is 4.67. The Morgan fingerprint density at radius 1 is 1.50 bits per heavy atom. The van der Waals surface area contributed by atoms with Crippen LogP contribution < -0.4 is 0 Å². The van der Waals surface area contributed by atoms with Crippen molar-refractivity contribution in [3.8, 4) is 0 Å². The van der Waals surface area contributed by atoms with E-state index in [0.717, 1.165) is 19.4 Å². The van der Waals surface area contributed by atoms with E-state index in [2.05, 4.69) is 6.58 Å². The van der Waals surface area contributed by atoms with Crippen molar-refractivity contribution in [2.75, 3.05) is 0 Å². The second-order valence-corrected chi connectivity index (χ2v) is 1.05. The van der Waals surface area contributed by atoms with E-state index in [1.807, 2.05) is 0 Å². The molecule has 0 heterocycles. The van der Waals surface area contributed by atoms with Gasteiger partial charge in [0, 0.05) is 0 Å². The number of hydrogen-bond acceptors (Lipinski definition) is 1. The second-order valence-electron chi connectivity index (χ2n) is 1.05. The van der Waals surface area contributed by atoms with Gasteiger partial charge in [0.05, 0.1) is 6.61 Å². The molecule has 6 heavy (non-hydrogen) atoms. The summed E-state index contributed by atoms with van der Waals surface area (Å²) in [5.74, 6) is 0. The highest BCUT2D eigenvalue weighted by atomic mass is 16.2. The van der Waals surface area contributed by atoms with Gasteiger partial charge in [-0.2, -0.15) is 0 Å². The van der Waals surface area contributed by atoms with Gasteiger partial charge in [-0.05, 0) is 12.8 Å². The lowest BCUT2D eigenvalue weighted by molar-refractivity contribution is 0.376. The summed E-state index contributed by atoms with van der Waals surface area (Å²) < 4.78 is 0. The lowest BCUT2D eigenvalue weighted by atomic mass is 10.3. The van der Waals surface area contributed by atoms with E-state index in [0.29, 0.717) is 0 Å². The largest absolute Gasteiger partial charge is 0.390 e. The molecule has 0 aliphatic rings. The molecular weight excluding hydrogens is 76.1 g/mol. The first-order valence-electron chi connectivity index (χ1n) is 1.98. The molecule has 0 bridgehead atoms. The van der Waals surface area contributed by atoms with Gasteiger partial charge in [-0.15, -0.1) is 6.58 Å². The Labute approximate surface area is 38.3 Å². The smallest absolute Gasteiger partial charge is 0.0802 e. The molecule has 0 saturated carbocycles. The van der Waals surface area contributed by atoms with Crippen LogP contribution in [-0.4, -0.2) is 5.11 Å². The third-order valence-electron chi connectivity index (χ3n) is 0.500. The van der Waals surface area contributed by atoms with Gasteiger partial charge in [0.25, 0.3) is 0 Å². The second kappa shape index (κ2) is 4.70. The fraction of sp³-hybridized carbons (Fsp3) is 0.400. The molecule has 1 radical (unpaired) electrons. The molecule has 0 amide bonds. The number of aliphatic hydroxyl groups excluding tert-OH is 1. The zero-order chi connectivity index (χ0) is 4.83. The maximum atomic E-state index is 8.02. The Hall–Kier alpha value is -0.300. The molecule has 0 saturated heterocycles. The molecule has 0 atom stereocenters. The molecule has 0 rings (SSSR count). The van der Waals surface area contributed by atoms with Crippen molar-refractivity contribution in [1.82, 2.24) is 0 Å². The van der Waals surface area contributed by atoms with Crippen LogP contribution in [0.1, 0.15) is 12.8 Å². The molecule has 0 aliphatic carbocycles. The van der Waals surface area contributed by atoms with Crippen LogP contribution in [-0.2, 0) is 0 Å². The van der Waals surface area contributed by atoms with Crippen LogP contribution in [0.25, 0.3) is 0 Å². The van der Waals surface area contributed by atoms with Gasteiger partial charge < -0.3 is 5.11 Å². The lowest BCUT2D eigenvalue weighted by Crippen LogP contribution is -1.67. The van der Waals surface area contributed by atoms with E-state index in [9.17, 15) is 0 Å². The van der Waals surface area contributed by atoms with Gasteiger partial charge >= 0.3 is 0 Å². The Bertz CT molecular complexity index is 32.9. The van der Waals surface area contributed by atoms with Gasteiger partial charge in [0.1, 0.15) is 0 Å². The molecule has 0 unspecified atom stereocenters. The molecule has 1 nitrogen and oxygen atoms in total. The van der Waals surface area contributed by atoms with Crippen LogP contribution in [0.4, 0.5) is 0 Å². The van der Waals surface area contributed by atoms with Crippen molar-refractivity contribution < 1.29 is 5.11 Å². The van der Waals surface area contributed by atoms with Crippen molar-refractivity contribution in [1.29, 1.82) is 0 Å². The van der Waals surface area contributed by atoms with Crippen molar-refractivity contribution in [3.63, 3.8) is 0 Å². The van der Waals surface area contributed by atoms with E-state index in [1.165, 1.54) is 0 Å². The molecule has 1 N–H and O–H groups in total. The monoisotopic (exact) mass is 85.1 g/mol. The number of hydrogen-bond donors (Lipinski definition) is 1. The van der Waals surface area contributed by atoms with E-state index in [-0.39, 0.29) is 0 Å². The minimum atomic E-state index is 0.726. The molecule has 0 aromatic carbocycles. The fourth-order valence-electron chi connectivity index (χ4n) is 0.192. The van der Waals surface area contributed by atoms with Gasteiger partial charge in [-0.1, -0.05) is 6.08 Å². The van der Waals surface area contributed by atoms with Crippen molar-refractivity contribution in [2.45, 2.75) is 12.8 Å². The minimum absolute atomic E-state index is 0.726. The highest BCUT2D eigenvalue weighted by Gasteiger charge is 1.73. The Kier molecular flexibility index (Phi) is 4.46. The SMILES string of the molecule is C=CCC[CH]O. The average molecular weight is 85.1 g/mol. The quantitative estimate of drug-likeness (QED) is 0.406. The van der Waals surface area contributed by atoms with Gasteiger partial charge in [0.2, 0.25) is 0 Å². The Balaban J connectivity index is 2.49. The number of unbranched alkanes of at least 4 members (excludes halogenated alkanes) is 1.